The highest BCUT2D eigenvalue weighted by Crippen LogP contribution is 2.16. The second kappa shape index (κ2) is 3.10. The number of hydrogen-bond acceptors (Lipinski definition) is 2. The van der Waals surface area contributed by atoms with Gasteiger partial charge in [-0.05, 0) is 24.6 Å². The summed E-state index contributed by atoms with van der Waals surface area (Å²) in [6.45, 7) is 1.95. The summed E-state index contributed by atoms with van der Waals surface area (Å²) in [7, 11) is 0. The monoisotopic (exact) mass is 148 g/mol. The van der Waals surface area contributed by atoms with Crippen molar-refractivity contribution in [3.63, 3.8) is 0 Å². The quantitative estimate of drug-likeness (QED) is 0.597. The SMILES string of the molecule is C/C=C/c1ccc(N)cc1N. The lowest BCUT2D eigenvalue weighted by molar-refractivity contribution is 1.62. The second-order valence-corrected chi connectivity index (χ2v) is 2.39. The molecule has 4 N–H and O–H groups in total. The van der Waals surface area contributed by atoms with E-state index in [-0.39, 0.29) is 0 Å². The van der Waals surface area contributed by atoms with Crippen LogP contribution >= 0.6 is 0 Å². The van der Waals surface area contributed by atoms with Crippen LogP contribution < -0.4 is 11.5 Å². The van der Waals surface area contributed by atoms with E-state index in [9.17, 15) is 0 Å². The van der Waals surface area contributed by atoms with Crippen molar-refractivity contribution in [3.8, 4) is 0 Å². The van der Waals surface area contributed by atoms with E-state index >= 15 is 0 Å². The smallest absolute Gasteiger partial charge is 0.0408 e. The molecule has 0 saturated heterocycles. The Balaban J connectivity index is 3.09. The third kappa shape index (κ3) is 1.74. The van der Waals surface area contributed by atoms with Crippen LogP contribution in [-0.2, 0) is 0 Å². The molecule has 0 amide bonds. The van der Waals surface area contributed by atoms with Gasteiger partial charge in [-0.1, -0.05) is 18.2 Å². The first kappa shape index (κ1) is 7.66. The highest BCUT2D eigenvalue weighted by Gasteiger charge is 1.93. The molecule has 1 rings (SSSR count). The molecule has 0 heterocycles. The van der Waals surface area contributed by atoms with E-state index in [0.717, 1.165) is 11.3 Å². The largest absolute Gasteiger partial charge is 0.399 e. The van der Waals surface area contributed by atoms with Crippen molar-refractivity contribution in [3.05, 3.63) is 29.8 Å². The van der Waals surface area contributed by atoms with Gasteiger partial charge < -0.3 is 11.5 Å². The fourth-order valence-corrected chi connectivity index (χ4v) is 0.925. The van der Waals surface area contributed by atoms with Gasteiger partial charge in [-0.15, -0.1) is 0 Å². The van der Waals surface area contributed by atoms with E-state index < -0.39 is 0 Å². The Morgan fingerprint density at radius 1 is 1.27 bits per heavy atom. The predicted octanol–water partition coefficient (Wildman–Crippen LogP) is 1.88. The van der Waals surface area contributed by atoms with Gasteiger partial charge in [-0.3, -0.25) is 0 Å². The molecule has 0 aromatic heterocycles. The summed E-state index contributed by atoms with van der Waals surface area (Å²) in [4.78, 5) is 0. The maximum absolute atomic E-state index is 5.68. The summed E-state index contributed by atoms with van der Waals surface area (Å²) >= 11 is 0. The van der Waals surface area contributed by atoms with Crippen LogP contribution in [0.2, 0.25) is 0 Å². The molecule has 0 saturated carbocycles. The molecule has 0 aliphatic heterocycles. The standard InChI is InChI=1S/C9H12N2/c1-2-3-7-4-5-8(10)6-9(7)11/h2-6H,10-11H2,1H3/b3-2+. The molecule has 1 aromatic carbocycles. The summed E-state index contributed by atoms with van der Waals surface area (Å²) in [6, 6.07) is 5.51. The molecule has 0 unspecified atom stereocenters. The maximum Gasteiger partial charge on any atom is 0.0408 e. The van der Waals surface area contributed by atoms with Crippen LogP contribution in [0.15, 0.2) is 24.3 Å². The number of anilines is 2. The summed E-state index contributed by atoms with van der Waals surface area (Å²) in [6.07, 6.45) is 3.90. The maximum atomic E-state index is 5.68. The van der Waals surface area contributed by atoms with Crippen molar-refractivity contribution in [2.45, 2.75) is 6.92 Å². The van der Waals surface area contributed by atoms with Crippen LogP contribution in [0.3, 0.4) is 0 Å². The summed E-state index contributed by atoms with van der Waals surface area (Å²) < 4.78 is 0. The van der Waals surface area contributed by atoms with Gasteiger partial charge in [-0.2, -0.15) is 0 Å². The van der Waals surface area contributed by atoms with Gasteiger partial charge in [0.25, 0.3) is 0 Å². The zero-order valence-electron chi connectivity index (χ0n) is 6.54. The third-order valence-electron chi connectivity index (χ3n) is 1.46. The Bertz CT molecular complexity index is 277. The van der Waals surface area contributed by atoms with Gasteiger partial charge in [0.2, 0.25) is 0 Å². The number of rotatable bonds is 1. The molecule has 58 valence electrons. The Kier molecular flexibility index (Phi) is 2.16. The molecule has 1 aromatic rings. The van der Waals surface area contributed by atoms with Gasteiger partial charge in [0.15, 0.2) is 0 Å². The number of benzene rings is 1. The van der Waals surface area contributed by atoms with E-state index in [1.807, 2.05) is 31.2 Å². The van der Waals surface area contributed by atoms with Crippen molar-refractivity contribution < 1.29 is 0 Å². The number of nitrogens with two attached hydrogens (primary N) is 2. The fraction of sp³-hybridized carbons (Fsp3) is 0.111. The summed E-state index contributed by atoms with van der Waals surface area (Å²) in [5.74, 6) is 0. The predicted molar refractivity (Wildman–Crippen MR) is 50.0 cm³/mol. The van der Waals surface area contributed by atoms with Gasteiger partial charge in [0, 0.05) is 11.4 Å². The van der Waals surface area contributed by atoms with Crippen molar-refractivity contribution in [1.82, 2.24) is 0 Å². The molecule has 2 heteroatoms. The highest BCUT2D eigenvalue weighted by atomic mass is 14.6. The molecule has 0 spiro atoms. The van der Waals surface area contributed by atoms with Gasteiger partial charge in [0.1, 0.15) is 0 Å². The van der Waals surface area contributed by atoms with E-state index in [1.54, 1.807) is 6.07 Å². The first-order valence-corrected chi connectivity index (χ1v) is 3.51. The van der Waals surface area contributed by atoms with Crippen LogP contribution in [-0.4, -0.2) is 0 Å². The van der Waals surface area contributed by atoms with Crippen LogP contribution in [0.4, 0.5) is 11.4 Å². The van der Waals surface area contributed by atoms with Crippen molar-refractivity contribution in [2.75, 3.05) is 11.5 Å². The van der Waals surface area contributed by atoms with E-state index in [0.29, 0.717) is 5.69 Å². The highest BCUT2D eigenvalue weighted by molar-refractivity contribution is 5.68. The topological polar surface area (TPSA) is 52.0 Å². The van der Waals surface area contributed by atoms with Gasteiger partial charge in [0.05, 0.1) is 0 Å². The number of allylic oxidation sites excluding steroid dienone is 1. The van der Waals surface area contributed by atoms with Crippen LogP contribution in [0, 0.1) is 0 Å². The van der Waals surface area contributed by atoms with E-state index in [2.05, 4.69) is 0 Å². The summed E-state index contributed by atoms with van der Waals surface area (Å²) in [5.41, 5.74) is 13.6. The van der Waals surface area contributed by atoms with Crippen LogP contribution in [0.5, 0.6) is 0 Å². The second-order valence-electron chi connectivity index (χ2n) is 2.39. The van der Waals surface area contributed by atoms with Crippen molar-refractivity contribution >= 4 is 17.5 Å². The van der Waals surface area contributed by atoms with Crippen LogP contribution in [0.25, 0.3) is 6.08 Å². The molecule has 0 aliphatic rings. The lowest BCUT2D eigenvalue weighted by Crippen LogP contribution is -1.92. The fourth-order valence-electron chi connectivity index (χ4n) is 0.925. The van der Waals surface area contributed by atoms with Crippen LogP contribution in [0.1, 0.15) is 12.5 Å². The van der Waals surface area contributed by atoms with Gasteiger partial charge >= 0.3 is 0 Å². The van der Waals surface area contributed by atoms with E-state index in [1.165, 1.54) is 0 Å². The molecule has 0 aliphatic carbocycles. The zero-order chi connectivity index (χ0) is 8.27. The normalized spacial score (nSPS) is 10.6. The Morgan fingerprint density at radius 3 is 2.55 bits per heavy atom. The minimum atomic E-state index is 0.704. The molecule has 11 heavy (non-hydrogen) atoms. The number of nitrogen functional groups attached to an aromatic ring is 2. The Morgan fingerprint density at radius 2 is 2.00 bits per heavy atom. The average molecular weight is 148 g/mol. The Hall–Kier alpha value is -1.44. The molecule has 0 bridgehead atoms. The number of hydrogen-bond donors (Lipinski definition) is 2. The lowest BCUT2D eigenvalue weighted by atomic mass is 10.1. The molecule has 0 fully saturated rings. The molecule has 0 atom stereocenters. The first-order valence-electron chi connectivity index (χ1n) is 3.51. The third-order valence-corrected chi connectivity index (χ3v) is 1.46. The van der Waals surface area contributed by atoms with Crippen molar-refractivity contribution in [1.29, 1.82) is 0 Å². The first-order chi connectivity index (χ1) is 5.24. The van der Waals surface area contributed by atoms with Crippen molar-refractivity contribution in [2.24, 2.45) is 0 Å². The minimum Gasteiger partial charge on any atom is -0.399 e. The van der Waals surface area contributed by atoms with Gasteiger partial charge in [-0.25, -0.2) is 0 Å². The Labute approximate surface area is 66.5 Å². The van der Waals surface area contributed by atoms with E-state index in [4.69, 9.17) is 11.5 Å². The zero-order valence-corrected chi connectivity index (χ0v) is 6.54. The summed E-state index contributed by atoms with van der Waals surface area (Å²) in [5, 5.41) is 0. The minimum absolute atomic E-state index is 0.704. The molecule has 0 radical (unpaired) electrons. The molecular weight excluding hydrogens is 136 g/mol. The molecular formula is C9H12N2. The average Bonchev–Trinajstić information content (AvgIpc) is 1.95. The lowest BCUT2D eigenvalue weighted by Gasteiger charge is -2.00. The molecule has 2 nitrogen and oxygen atoms in total.